The number of benzene rings is 1. The van der Waals surface area contributed by atoms with Crippen LogP contribution in [-0.2, 0) is 0 Å². The fourth-order valence-electron chi connectivity index (χ4n) is 1.65. The highest BCUT2D eigenvalue weighted by atomic mass is 79.9. The van der Waals surface area contributed by atoms with E-state index in [9.17, 15) is 4.79 Å². The molecule has 0 unspecified atom stereocenters. The summed E-state index contributed by atoms with van der Waals surface area (Å²) in [6.07, 6.45) is 1.55. The molecule has 2 rings (SSSR count). The third-order valence-electron chi connectivity index (χ3n) is 2.68. The zero-order chi connectivity index (χ0) is 15.4. The van der Waals surface area contributed by atoms with Crippen LogP contribution in [0.3, 0.4) is 0 Å². The minimum Gasteiger partial charge on any atom is -0.495 e. The fraction of sp³-hybridized carbons (Fsp3) is 0.143. The van der Waals surface area contributed by atoms with Crippen LogP contribution in [0.5, 0.6) is 11.5 Å². The third kappa shape index (κ3) is 3.65. The molecule has 1 aromatic heterocycles. The molecule has 5 nitrogen and oxygen atoms in total. The van der Waals surface area contributed by atoms with Crippen molar-refractivity contribution < 1.29 is 14.3 Å². The van der Waals surface area contributed by atoms with Crippen LogP contribution in [0.2, 0.25) is 5.02 Å². The molecule has 7 heteroatoms. The molecule has 0 radical (unpaired) electrons. The summed E-state index contributed by atoms with van der Waals surface area (Å²) < 4.78 is 11.1. The number of ether oxygens (including phenoxy) is 2. The maximum atomic E-state index is 12.2. The Labute approximate surface area is 135 Å². The largest absolute Gasteiger partial charge is 0.495 e. The lowest BCUT2D eigenvalue weighted by Crippen LogP contribution is -2.14. The number of amides is 1. The number of rotatable bonds is 4. The molecule has 0 aliphatic carbocycles. The van der Waals surface area contributed by atoms with Gasteiger partial charge in [-0.15, -0.1) is 0 Å². The molecule has 1 N–H and O–H groups in total. The topological polar surface area (TPSA) is 60.5 Å². The van der Waals surface area contributed by atoms with Gasteiger partial charge in [-0.2, -0.15) is 0 Å². The molecule has 0 aliphatic heterocycles. The molecule has 1 aromatic carbocycles. The molecule has 21 heavy (non-hydrogen) atoms. The summed E-state index contributed by atoms with van der Waals surface area (Å²) in [5.41, 5.74) is 0.739. The highest BCUT2D eigenvalue weighted by Crippen LogP contribution is 2.36. The molecule has 0 fully saturated rings. The van der Waals surface area contributed by atoms with E-state index in [0.717, 1.165) is 4.47 Å². The number of methoxy groups -OCH3 is 2. The van der Waals surface area contributed by atoms with Crippen molar-refractivity contribution in [2.75, 3.05) is 19.5 Å². The Hall–Kier alpha value is -1.79. The van der Waals surface area contributed by atoms with Gasteiger partial charge in [-0.1, -0.05) is 11.6 Å². The van der Waals surface area contributed by atoms with Gasteiger partial charge in [0.2, 0.25) is 0 Å². The molecule has 0 spiro atoms. The minimum absolute atomic E-state index is 0.286. The van der Waals surface area contributed by atoms with E-state index >= 15 is 0 Å². The van der Waals surface area contributed by atoms with Crippen LogP contribution in [0.4, 0.5) is 5.69 Å². The average molecular weight is 372 g/mol. The van der Waals surface area contributed by atoms with Crippen molar-refractivity contribution in [3.8, 4) is 11.5 Å². The SMILES string of the molecule is COc1cc(NC(=O)c2ccc(Br)cn2)c(OC)cc1Cl. The van der Waals surface area contributed by atoms with Gasteiger partial charge in [0.15, 0.2) is 0 Å². The van der Waals surface area contributed by atoms with E-state index < -0.39 is 0 Å². The Bertz CT molecular complexity index is 662. The van der Waals surface area contributed by atoms with Crippen molar-refractivity contribution in [2.45, 2.75) is 0 Å². The van der Waals surface area contributed by atoms with Gasteiger partial charge in [-0.25, -0.2) is 4.98 Å². The zero-order valence-electron chi connectivity index (χ0n) is 11.3. The van der Waals surface area contributed by atoms with Crippen molar-refractivity contribution in [3.63, 3.8) is 0 Å². The predicted molar refractivity (Wildman–Crippen MR) is 84.4 cm³/mol. The summed E-state index contributed by atoms with van der Waals surface area (Å²) in [5, 5.41) is 3.12. The Morgan fingerprint density at radius 3 is 2.52 bits per heavy atom. The van der Waals surface area contributed by atoms with Crippen molar-refractivity contribution in [1.82, 2.24) is 4.98 Å². The Kier molecular flexibility index (Phi) is 5.03. The second kappa shape index (κ2) is 6.78. The quantitative estimate of drug-likeness (QED) is 0.889. The van der Waals surface area contributed by atoms with Crippen molar-refractivity contribution in [1.29, 1.82) is 0 Å². The van der Waals surface area contributed by atoms with Gasteiger partial charge in [0.25, 0.3) is 5.91 Å². The average Bonchev–Trinajstić information content (AvgIpc) is 2.49. The molecule has 2 aromatic rings. The fourth-order valence-corrected chi connectivity index (χ4v) is 2.12. The Balaban J connectivity index is 2.29. The summed E-state index contributed by atoms with van der Waals surface area (Å²) in [7, 11) is 2.99. The summed E-state index contributed by atoms with van der Waals surface area (Å²) in [6, 6.07) is 6.52. The van der Waals surface area contributed by atoms with Gasteiger partial charge in [0.1, 0.15) is 17.2 Å². The smallest absolute Gasteiger partial charge is 0.274 e. The molecule has 0 bridgehead atoms. The van der Waals surface area contributed by atoms with Crippen LogP contribution < -0.4 is 14.8 Å². The summed E-state index contributed by atoms with van der Waals surface area (Å²) >= 11 is 9.28. The van der Waals surface area contributed by atoms with Gasteiger partial charge < -0.3 is 14.8 Å². The molecule has 110 valence electrons. The maximum Gasteiger partial charge on any atom is 0.274 e. The molecular formula is C14H12BrClN2O3. The Morgan fingerprint density at radius 2 is 1.95 bits per heavy atom. The van der Waals surface area contributed by atoms with Crippen LogP contribution >= 0.6 is 27.5 Å². The molecule has 1 amide bonds. The molecule has 0 saturated heterocycles. The van der Waals surface area contributed by atoms with Crippen LogP contribution in [0.25, 0.3) is 0 Å². The lowest BCUT2D eigenvalue weighted by Gasteiger charge is -2.13. The number of nitrogens with zero attached hydrogens (tertiary/aromatic N) is 1. The van der Waals surface area contributed by atoms with E-state index in [1.165, 1.54) is 14.2 Å². The minimum atomic E-state index is -0.356. The first-order valence-corrected chi connectivity index (χ1v) is 7.06. The second-order valence-corrected chi connectivity index (χ2v) is 5.33. The van der Waals surface area contributed by atoms with Crippen LogP contribution in [0.1, 0.15) is 10.5 Å². The third-order valence-corrected chi connectivity index (χ3v) is 3.45. The number of nitrogens with one attached hydrogen (secondary N) is 1. The number of halogens is 2. The molecule has 0 aliphatic rings. The standard InChI is InChI=1S/C14H12BrClN2O3/c1-20-12-6-11(13(21-2)5-9(12)16)18-14(19)10-4-3-8(15)7-17-10/h3-7H,1-2H3,(H,18,19). The van der Waals surface area contributed by atoms with Crippen molar-refractivity contribution >= 4 is 39.1 Å². The number of pyridine rings is 1. The normalized spacial score (nSPS) is 10.1. The van der Waals surface area contributed by atoms with Crippen LogP contribution in [0, 0.1) is 0 Å². The van der Waals surface area contributed by atoms with E-state index in [4.69, 9.17) is 21.1 Å². The van der Waals surface area contributed by atoms with Gasteiger partial charge in [0, 0.05) is 22.8 Å². The Morgan fingerprint density at radius 1 is 1.24 bits per heavy atom. The zero-order valence-corrected chi connectivity index (χ0v) is 13.7. The lowest BCUT2D eigenvalue weighted by molar-refractivity contribution is 0.102. The van der Waals surface area contributed by atoms with Crippen LogP contribution in [0.15, 0.2) is 34.9 Å². The molecule has 0 atom stereocenters. The van der Waals surface area contributed by atoms with Crippen molar-refractivity contribution in [3.05, 3.63) is 45.7 Å². The predicted octanol–water partition coefficient (Wildman–Crippen LogP) is 3.77. The highest BCUT2D eigenvalue weighted by molar-refractivity contribution is 9.10. The number of hydrogen-bond donors (Lipinski definition) is 1. The van der Waals surface area contributed by atoms with Gasteiger partial charge in [0.05, 0.1) is 24.9 Å². The molecule has 0 saturated carbocycles. The lowest BCUT2D eigenvalue weighted by atomic mass is 10.2. The van der Waals surface area contributed by atoms with E-state index in [2.05, 4.69) is 26.2 Å². The molecule has 1 heterocycles. The van der Waals surface area contributed by atoms with E-state index in [1.54, 1.807) is 30.5 Å². The monoisotopic (exact) mass is 370 g/mol. The number of hydrogen-bond acceptors (Lipinski definition) is 4. The van der Waals surface area contributed by atoms with E-state index in [1.807, 2.05) is 0 Å². The second-order valence-electron chi connectivity index (χ2n) is 4.00. The summed E-state index contributed by atoms with van der Waals surface area (Å²) in [4.78, 5) is 16.2. The molecular weight excluding hydrogens is 360 g/mol. The van der Waals surface area contributed by atoms with Gasteiger partial charge in [-0.3, -0.25) is 4.79 Å². The number of aromatic nitrogens is 1. The van der Waals surface area contributed by atoms with Gasteiger partial charge >= 0.3 is 0 Å². The van der Waals surface area contributed by atoms with E-state index in [0.29, 0.717) is 22.2 Å². The van der Waals surface area contributed by atoms with Gasteiger partial charge in [-0.05, 0) is 28.1 Å². The summed E-state index contributed by atoms with van der Waals surface area (Å²) in [6.45, 7) is 0. The first-order chi connectivity index (χ1) is 10.0. The number of carbonyl (C=O) groups is 1. The van der Waals surface area contributed by atoms with Crippen LogP contribution in [-0.4, -0.2) is 25.1 Å². The number of carbonyl (C=O) groups excluding carboxylic acids is 1. The first-order valence-electron chi connectivity index (χ1n) is 5.89. The highest BCUT2D eigenvalue weighted by Gasteiger charge is 2.14. The summed E-state index contributed by atoms with van der Waals surface area (Å²) in [5.74, 6) is 0.521. The van der Waals surface area contributed by atoms with E-state index in [-0.39, 0.29) is 11.6 Å². The first kappa shape index (κ1) is 15.6. The number of anilines is 1. The van der Waals surface area contributed by atoms with Crippen molar-refractivity contribution in [2.24, 2.45) is 0 Å². The maximum absolute atomic E-state index is 12.2.